The third-order valence-corrected chi connectivity index (χ3v) is 2.04. The van der Waals surface area contributed by atoms with Crippen molar-refractivity contribution in [3.8, 4) is 0 Å². The third kappa shape index (κ3) is 2.08. The van der Waals surface area contributed by atoms with Gasteiger partial charge in [0.2, 0.25) is 11.8 Å². The van der Waals surface area contributed by atoms with E-state index in [0.717, 1.165) is 4.90 Å². The molecule has 0 saturated carbocycles. The molecule has 0 spiro atoms. The first-order chi connectivity index (χ1) is 6.56. The Morgan fingerprint density at radius 3 is 2.43 bits per heavy atom. The second-order valence-electron chi connectivity index (χ2n) is 3.03. The van der Waals surface area contributed by atoms with E-state index in [9.17, 15) is 14.4 Å². The molecule has 0 bridgehead atoms. The zero-order valence-electron chi connectivity index (χ0n) is 7.86. The highest BCUT2D eigenvalue weighted by atomic mass is 16.5. The number of rotatable bonds is 3. The highest BCUT2D eigenvalue weighted by Crippen LogP contribution is 2.11. The van der Waals surface area contributed by atoms with Crippen LogP contribution in [0.25, 0.3) is 0 Å². The molecule has 1 saturated heterocycles. The molecule has 2 amide bonds. The van der Waals surface area contributed by atoms with E-state index in [1.54, 1.807) is 0 Å². The van der Waals surface area contributed by atoms with Crippen LogP contribution in [-0.2, 0) is 19.1 Å². The number of esters is 1. The summed E-state index contributed by atoms with van der Waals surface area (Å²) < 4.78 is 4.38. The van der Waals surface area contributed by atoms with Gasteiger partial charge in [-0.15, -0.1) is 0 Å². The lowest BCUT2D eigenvalue weighted by atomic mass is 10.3. The summed E-state index contributed by atoms with van der Waals surface area (Å²) in [5.41, 5.74) is 5.41. The van der Waals surface area contributed by atoms with Crippen LogP contribution in [-0.4, -0.2) is 42.4 Å². The third-order valence-electron chi connectivity index (χ3n) is 2.04. The molecule has 78 valence electrons. The molecule has 0 radical (unpaired) electrons. The van der Waals surface area contributed by atoms with Crippen LogP contribution in [0.3, 0.4) is 0 Å². The summed E-state index contributed by atoms with van der Waals surface area (Å²) in [6.07, 6.45) is 0.402. The number of hydrogen-bond donors (Lipinski definition) is 1. The van der Waals surface area contributed by atoms with Gasteiger partial charge in [0.25, 0.3) is 0 Å². The Morgan fingerprint density at radius 1 is 1.50 bits per heavy atom. The molecule has 6 nitrogen and oxygen atoms in total. The van der Waals surface area contributed by atoms with E-state index in [2.05, 4.69) is 4.74 Å². The van der Waals surface area contributed by atoms with Crippen molar-refractivity contribution >= 4 is 17.8 Å². The van der Waals surface area contributed by atoms with Crippen LogP contribution in [0.2, 0.25) is 0 Å². The van der Waals surface area contributed by atoms with Gasteiger partial charge in [-0.3, -0.25) is 19.3 Å². The summed E-state index contributed by atoms with van der Waals surface area (Å²) in [5.74, 6) is -1.19. The molecular formula is C8H12N2O4. The van der Waals surface area contributed by atoms with E-state index in [1.807, 2.05) is 0 Å². The minimum atomic E-state index is -0.953. The predicted octanol–water partition coefficient (Wildman–Crippen LogP) is -1.36. The van der Waals surface area contributed by atoms with Gasteiger partial charge in [0.15, 0.2) is 0 Å². The van der Waals surface area contributed by atoms with Gasteiger partial charge >= 0.3 is 5.97 Å². The molecule has 6 heteroatoms. The maximum atomic E-state index is 11.1. The standard InChI is InChI=1S/C8H12N2O4/c1-14-8(13)5(9)4-10-6(11)2-3-7(10)12/h5H,2-4,9H2,1H3/t5-/m0/s1. The SMILES string of the molecule is COC(=O)[C@@H](N)CN1C(=O)CCC1=O. The normalized spacial score (nSPS) is 18.6. The molecule has 0 aromatic carbocycles. The Balaban J connectivity index is 2.55. The average molecular weight is 200 g/mol. The summed E-state index contributed by atoms with van der Waals surface area (Å²) in [4.78, 5) is 34.2. The number of carbonyl (C=O) groups excluding carboxylic acids is 3. The summed E-state index contributed by atoms with van der Waals surface area (Å²) >= 11 is 0. The van der Waals surface area contributed by atoms with Crippen molar-refractivity contribution in [2.24, 2.45) is 5.73 Å². The molecule has 0 aliphatic carbocycles. The van der Waals surface area contributed by atoms with E-state index in [1.165, 1.54) is 7.11 Å². The smallest absolute Gasteiger partial charge is 0.324 e. The van der Waals surface area contributed by atoms with Crippen molar-refractivity contribution in [2.45, 2.75) is 18.9 Å². The molecule has 1 fully saturated rings. The maximum Gasteiger partial charge on any atom is 0.324 e. The first kappa shape index (κ1) is 10.6. The Labute approximate surface area is 81.0 Å². The molecule has 14 heavy (non-hydrogen) atoms. The monoisotopic (exact) mass is 200 g/mol. The van der Waals surface area contributed by atoms with E-state index >= 15 is 0 Å². The zero-order valence-corrected chi connectivity index (χ0v) is 7.86. The van der Waals surface area contributed by atoms with Gasteiger partial charge in [0.1, 0.15) is 6.04 Å². The first-order valence-electron chi connectivity index (χ1n) is 4.23. The van der Waals surface area contributed by atoms with Crippen molar-refractivity contribution < 1.29 is 19.1 Å². The largest absolute Gasteiger partial charge is 0.468 e. The van der Waals surface area contributed by atoms with Gasteiger partial charge in [-0.25, -0.2) is 0 Å². The summed E-state index contributed by atoms with van der Waals surface area (Å²) in [6.45, 7) is -0.0929. The van der Waals surface area contributed by atoms with Crippen LogP contribution in [0, 0.1) is 0 Å². The topological polar surface area (TPSA) is 89.7 Å². The number of carbonyl (C=O) groups is 3. The van der Waals surface area contributed by atoms with E-state index in [-0.39, 0.29) is 31.2 Å². The summed E-state index contributed by atoms with van der Waals surface area (Å²) in [5, 5.41) is 0. The van der Waals surface area contributed by atoms with Crippen LogP contribution in [0.4, 0.5) is 0 Å². The lowest BCUT2D eigenvalue weighted by molar-refractivity contribution is -0.144. The molecule has 1 atom stereocenters. The van der Waals surface area contributed by atoms with E-state index in [4.69, 9.17) is 5.73 Å². The molecule has 0 aromatic rings. The molecule has 2 N–H and O–H groups in total. The number of amides is 2. The molecule has 1 aliphatic heterocycles. The van der Waals surface area contributed by atoms with Gasteiger partial charge in [0, 0.05) is 12.8 Å². The Hall–Kier alpha value is -1.43. The van der Waals surface area contributed by atoms with Crippen LogP contribution in [0.5, 0.6) is 0 Å². The first-order valence-corrected chi connectivity index (χ1v) is 4.23. The van der Waals surface area contributed by atoms with Crippen LogP contribution in [0.15, 0.2) is 0 Å². The molecular weight excluding hydrogens is 188 g/mol. The quantitative estimate of drug-likeness (QED) is 0.448. The number of likely N-dealkylation sites (tertiary alicyclic amines) is 1. The molecule has 1 aliphatic rings. The Kier molecular flexibility index (Phi) is 3.19. The lowest BCUT2D eigenvalue weighted by Crippen LogP contribution is -2.45. The fourth-order valence-electron chi connectivity index (χ4n) is 1.25. The van der Waals surface area contributed by atoms with Crippen molar-refractivity contribution in [1.82, 2.24) is 4.90 Å². The van der Waals surface area contributed by atoms with Gasteiger partial charge in [-0.2, -0.15) is 0 Å². The van der Waals surface area contributed by atoms with Crippen molar-refractivity contribution in [1.29, 1.82) is 0 Å². The number of ether oxygens (including phenoxy) is 1. The predicted molar refractivity (Wildman–Crippen MR) is 45.9 cm³/mol. The molecule has 1 heterocycles. The summed E-state index contributed by atoms with van der Waals surface area (Å²) in [6, 6.07) is -0.953. The minimum Gasteiger partial charge on any atom is -0.468 e. The van der Waals surface area contributed by atoms with Gasteiger partial charge in [0.05, 0.1) is 13.7 Å². The Morgan fingerprint density at radius 2 is 2.00 bits per heavy atom. The van der Waals surface area contributed by atoms with E-state index in [0.29, 0.717) is 0 Å². The van der Waals surface area contributed by atoms with E-state index < -0.39 is 12.0 Å². The van der Waals surface area contributed by atoms with Gasteiger partial charge < -0.3 is 10.5 Å². The fraction of sp³-hybridized carbons (Fsp3) is 0.625. The number of methoxy groups -OCH3 is 1. The van der Waals surface area contributed by atoms with Crippen molar-refractivity contribution in [2.75, 3.05) is 13.7 Å². The van der Waals surface area contributed by atoms with Crippen molar-refractivity contribution in [3.63, 3.8) is 0 Å². The van der Waals surface area contributed by atoms with Crippen molar-refractivity contribution in [3.05, 3.63) is 0 Å². The van der Waals surface area contributed by atoms with Crippen LogP contribution in [0.1, 0.15) is 12.8 Å². The number of hydrogen-bond acceptors (Lipinski definition) is 5. The minimum absolute atomic E-state index is 0.0929. The molecule has 0 aromatic heterocycles. The highest BCUT2D eigenvalue weighted by molar-refractivity contribution is 6.02. The number of nitrogens with two attached hydrogens (primary N) is 1. The molecule has 1 rings (SSSR count). The van der Waals surface area contributed by atoms with Crippen LogP contribution >= 0.6 is 0 Å². The number of imide groups is 1. The fourth-order valence-corrected chi connectivity index (χ4v) is 1.25. The average Bonchev–Trinajstić information content (AvgIpc) is 2.48. The second kappa shape index (κ2) is 4.19. The maximum absolute atomic E-state index is 11.1. The Bertz CT molecular complexity index is 261. The van der Waals surface area contributed by atoms with Gasteiger partial charge in [-0.1, -0.05) is 0 Å². The molecule has 0 unspecified atom stereocenters. The summed E-state index contributed by atoms with van der Waals surface area (Å²) in [7, 11) is 1.20. The zero-order chi connectivity index (χ0) is 10.7. The highest BCUT2D eigenvalue weighted by Gasteiger charge is 2.31. The van der Waals surface area contributed by atoms with Crippen LogP contribution < -0.4 is 5.73 Å². The number of nitrogens with zero attached hydrogens (tertiary/aromatic N) is 1. The lowest BCUT2D eigenvalue weighted by Gasteiger charge is -2.17. The van der Waals surface area contributed by atoms with Gasteiger partial charge in [-0.05, 0) is 0 Å². The second-order valence-corrected chi connectivity index (χ2v) is 3.03.